The fraction of sp³-hybridized carbons (Fsp3) is 0.650. The fourth-order valence-corrected chi connectivity index (χ4v) is 4.04. The minimum Gasteiger partial charge on any atom is -0.369 e. The van der Waals surface area contributed by atoms with Gasteiger partial charge in [-0.05, 0) is 58.3 Å². The SMILES string of the molecule is CN(C)[C@H]1CCCN(C(=O)NC2CCN(c3ccccc3F)CC2)CC1. The third-order valence-corrected chi connectivity index (χ3v) is 5.73. The van der Waals surface area contributed by atoms with Crippen LogP contribution in [0.5, 0.6) is 0 Å². The molecule has 0 saturated carbocycles. The number of nitrogens with one attached hydrogen (secondary N) is 1. The predicted molar refractivity (Wildman–Crippen MR) is 103 cm³/mol. The number of hydrogen-bond donors (Lipinski definition) is 1. The molecule has 6 heteroatoms. The zero-order valence-corrected chi connectivity index (χ0v) is 16.0. The highest BCUT2D eigenvalue weighted by Crippen LogP contribution is 2.23. The lowest BCUT2D eigenvalue weighted by atomic mass is 10.0. The van der Waals surface area contributed by atoms with Crippen LogP contribution in [0.15, 0.2) is 24.3 Å². The first-order valence-electron chi connectivity index (χ1n) is 9.76. The quantitative estimate of drug-likeness (QED) is 0.899. The summed E-state index contributed by atoms with van der Waals surface area (Å²) in [6.07, 6.45) is 4.95. The molecule has 5 nitrogen and oxygen atoms in total. The molecular weight excluding hydrogens is 331 g/mol. The largest absolute Gasteiger partial charge is 0.369 e. The zero-order valence-electron chi connectivity index (χ0n) is 16.0. The second kappa shape index (κ2) is 8.71. The van der Waals surface area contributed by atoms with Crippen LogP contribution in [0.1, 0.15) is 32.1 Å². The predicted octanol–water partition coefficient (Wildman–Crippen LogP) is 2.92. The Morgan fingerprint density at radius 3 is 2.50 bits per heavy atom. The van der Waals surface area contributed by atoms with Gasteiger partial charge in [0.2, 0.25) is 0 Å². The summed E-state index contributed by atoms with van der Waals surface area (Å²) in [7, 11) is 4.23. The standard InChI is InChI=1S/C20H31FN4O/c1-23(2)17-6-5-12-25(15-11-17)20(26)22-16-9-13-24(14-10-16)19-8-4-3-7-18(19)21/h3-4,7-8,16-17H,5-6,9-15H2,1-2H3,(H,22,26)/t17-/m0/s1. The van der Waals surface area contributed by atoms with Crippen LogP contribution in [0.25, 0.3) is 0 Å². The van der Waals surface area contributed by atoms with Crippen LogP contribution in [0.4, 0.5) is 14.9 Å². The highest BCUT2D eigenvalue weighted by Gasteiger charge is 2.26. The molecule has 2 fully saturated rings. The molecule has 0 bridgehead atoms. The number of rotatable bonds is 3. The Bertz CT molecular complexity index is 601. The summed E-state index contributed by atoms with van der Waals surface area (Å²) >= 11 is 0. The van der Waals surface area contributed by atoms with Crippen molar-refractivity contribution >= 4 is 11.7 Å². The lowest BCUT2D eigenvalue weighted by molar-refractivity contribution is 0.191. The van der Waals surface area contributed by atoms with Gasteiger partial charge >= 0.3 is 6.03 Å². The number of amides is 2. The van der Waals surface area contributed by atoms with Gasteiger partial charge < -0.3 is 20.0 Å². The van der Waals surface area contributed by atoms with E-state index in [0.717, 1.165) is 58.3 Å². The molecule has 1 N–H and O–H groups in total. The highest BCUT2D eigenvalue weighted by atomic mass is 19.1. The summed E-state index contributed by atoms with van der Waals surface area (Å²) in [5.74, 6) is -0.171. The van der Waals surface area contributed by atoms with Crippen LogP contribution in [-0.2, 0) is 0 Å². The van der Waals surface area contributed by atoms with E-state index < -0.39 is 0 Å². The van der Waals surface area contributed by atoms with Crippen molar-refractivity contribution in [2.75, 3.05) is 45.2 Å². The average molecular weight is 362 g/mol. The Morgan fingerprint density at radius 2 is 1.81 bits per heavy atom. The number of benzene rings is 1. The van der Waals surface area contributed by atoms with Gasteiger partial charge in [-0.1, -0.05) is 12.1 Å². The van der Waals surface area contributed by atoms with Gasteiger partial charge in [0.1, 0.15) is 5.82 Å². The monoisotopic (exact) mass is 362 g/mol. The molecule has 1 aromatic carbocycles. The first kappa shape index (κ1) is 19.0. The number of urea groups is 1. The van der Waals surface area contributed by atoms with E-state index in [4.69, 9.17) is 0 Å². The van der Waals surface area contributed by atoms with Crippen LogP contribution in [-0.4, -0.2) is 68.2 Å². The zero-order chi connectivity index (χ0) is 18.5. The van der Waals surface area contributed by atoms with E-state index in [1.165, 1.54) is 6.07 Å². The second-order valence-electron chi connectivity index (χ2n) is 7.70. The molecule has 1 aromatic rings. The molecule has 0 radical (unpaired) electrons. The van der Waals surface area contributed by atoms with Crippen LogP contribution < -0.4 is 10.2 Å². The van der Waals surface area contributed by atoms with Crippen molar-refractivity contribution in [1.82, 2.24) is 15.1 Å². The first-order valence-corrected chi connectivity index (χ1v) is 9.76. The van der Waals surface area contributed by atoms with Crippen molar-refractivity contribution in [1.29, 1.82) is 0 Å². The molecule has 0 spiro atoms. The van der Waals surface area contributed by atoms with E-state index in [1.54, 1.807) is 6.07 Å². The van der Waals surface area contributed by atoms with Gasteiger partial charge in [-0.25, -0.2) is 9.18 Å². The fourth-order valence-electron chi connectivity index (χ4n) is 4.04. The smallest absolute Gasteiger partial charge is 0.317 e. The molecule has 144 valence electrons. The van der Waals surface area contributed by atoms with E-state index >= 15 is 0 Å². The molecule has 3 rings (SSSR count). The number of carbonyl (C=O) groups is 1. The summed E-state index contributed by atoms with van der Waals surface area (Å²) in [6.45, 7) is 3.20. The number of hydrogen-bond acceptors (Lipinski definition) is 3. The van der Waals surface area contributed by atoms with Crippen LogP contribution in [0, 0.1) is 5.82 Å². The van der Waals surface area contributed by atoms with Gasteiger partial charge in [0.25, 0.3) is 0 Å². The molecule has 26 heavy (non-hydrogen) atoms. The average Bonchev–Trinajstić information content (AvgIpc) is 2.89. The lowest BCUT2D eigenvalue weighted by Crippen LogP contribution is -2.49. The molecular formula is C20H31FN4O. The summed E-state index contributed by atoms with van der Waals surface area (Å²) in [6, 6.07) is 7.72. The van der Waals surface area contributed by atoms with Gasteiger partial charge in [-0.3, -0.25) is 0 Å². The molecule has 2 heterocycles. The Kier molecular flexibility index (Phi) is 6.35. The number of anilines is 1. The number of piperidine rings is 1. The third-order valence-electron chi connectivity index (χ3n) is 5.73. The minimum absolute atomic E-state index is 0.0637. The Labute approximate surface area is 156 Å². The number of likely N-dealkylation sites (tertiary alicyclic amines) is 1. The van der Waals surface area contributed by atoms with Crippen molar-refractivity contribution in [2.45, 2.75) is 44.2 Å². The third kappa shape index (κ3) is 4.67. The van der Waals surface area contributed by atoms with Crippen LogP contribution >= 0.6 is 0 Å². The maximum Gasteiger partial charge on any atom is 0.317 e. The maximum atomic E-state index is 13.9. The van der Waals surface area contributed by atoms with E-state index in [1.807, 2.05) is 17.0 Å². The van der Waals surface area contributed by atoms with Crippen molar-refractivity contribution in [3.05, 3.63) is 30.1 Å². The van der Waals surface area contributed by atoms with Crippen molar-refractivity contribution in [2.24, 2.45) is 0 Å². The van der Waals surface area contributed by atoms with Gasteiger partial charge in [-0.15, -0.1) is 0 Å². The molecule has 0 unspecified atom stereocenters. The summed E-state index contributed by atoms with van der Waals surface area (Å²) < 4.78 is 13.9. The Balaban J connectivity index is 1.47. The summed E-state index contributed by atoms with van der Waals surface area (Å²) in [4.78, 5) is 18.9. The first-order chi connectivity index (χ1) is 12.5. The van der Waals surface area contributed by atoms with Gasteiger partial charge in [0.15, 0.2) is 0 Å². The van der Waals surface area contributed by atoms with Gasteiger partial charge in [0, 0.05) is 38.3 Å². The number of halogens is 1. The normalized spacial score (nSPS) is 22.4. The molecule has 0 aliphatic carbocycles. The number of para-hydroxylation sites is 1. The minimum atomic E-state index is -0.171. The lowest BCUT2D eigenvalue weighted by Gasteiger charge is -2.35. The van der Waals surface area contributed by atoms with E-state index in [0.29, 0.717) is 11.7 Å². The van der Waals surface area contributed by atoms with E-state index in [9.17, 15) is 9.18 Å². The molecule has 2 aliphatic rings. The topological polar surface area (TPSA) is 38.8 Å². The number of carbonyl (C=O) groups excluding carboxylic acids is 1. The Morgan fingerprint density at radius 1 is 1.08 bits per heavy atom. The number of nitrogens with zero attached hydrogens (tertiary/aromatic N) is 3. The van der Waals surface area contributed by atoms with E-state index in [-0.39, 0.29) is 17.9 Å². The van der Waals surface area contributed by atoms with Crippen LogP contribution in [0.3, 0.4) is 0 Å². The second-order valence-corrected chi connectivity index (χ2v) is 7.70. The van der Waals surface area contributed by atoms with Gasteiger partial charge in [-0.2, -0.15) is 0 Å². The highest BCUT2D eigenvalue weighted by molar-refractivity contribution is 5.74. The molecule has 1 atom stereocenters. The van der Waals surface area contributed by atoms with Gasteiger partial charge in [0.05, 0.1) is 5.69 Å². The maximum absolute atomic E-state index is 13.9. The van der Waals surface area contributed by atoms with Crippen LogP contribution in [0.2, 0.25) is 0 Å². The van der Waals surface area contributed by atoms with Crippen molar-refractivity contribution in [3.8, 4) is 0 Å². The molecule has 0 aromatic heterocycles. The van der Waals surface area contributed by atoms with Crippen molar-refractivity contribution in [3.63, 3.8) is 0 Å². The molecule has 2 saturated heterocycles. The molecule has 2 amide bonds. The van der Waals surface area contributed by atoms with Crippen molar-refractivity contribution < 1.29 is 9.18 Å². The summed E-state index contributed by atoms with van der Waals surface area (Å²) in [5.41, 5.74) is 0.666. The Hall–Kier alpha value is -1.82. The summed E-state index contributed by atoms with van der Waals surface area (Å²) in [5, 5.41) is 3.20. The van der Waals surface area contributed by atoms with E-state index in [2.05, 4.69) is 29.2 Å². The molecule has 2 aliphatic heterocycles.